The Morgan fingerprint density at radius 3 is 2.60 bits per heavy atom. The quantitative estimate of drug-likeness (QED) is 0.484. The Labute approximate surface area is 59.8 Å². The third-order valence-electron chi connectivity index (χ3n) is 4.35. The first kappa shape index (κ1) is 4.53. The van der Waals surface area contributed by atoms with Crippen LogP contribution in [0.25, 0.3) is 0 Å². The normalized spacial score (nSPS) is 73.4. The highest BCUT2D eigenvalue weighted by atomic mass is 16.1. The molecule has 0 aliphatic heterocycles. The highest BCUT2D eigenvalue weighted by Gasteiger charge is 2.75. The van der Waals surface area contributed by atoms with E-state index in [1.165, 1.54) is 12.8 Å². The van der Waals surface area contributed by atoms with Crippen molar-refractivity contribution in [3.8, 4) is 0 Å². The molecular weight excluding hydrogens is 124 g/mol. The summed E-state index contributed by atoms with van der Waals surface area (Å²) < 4.78 is 0. The maximum Gasteiger partial charge on any atom is 0.139 e. The lowest BCUT2D eigenvalue weighted by atomic mass is 9.85. The third kappa shape index (κ3) is 0.268. The fourth-order valence-corrected chi connectivity index (χ4v) is 3.87. The first-order chi connectivity index (χ1) is 4.88. The molecule has 5 saturated carbocycles. The number of carbonyl (C=O) groups excluding carboxylic acids is 1. The van der Waals surface area contributed by atoms with Gasteiger partial charge in [-0.3, -0.25) is 4.79 Å². The molecule has 10 heavy (non-hydrogen) atoms. The van der Waals surface area contributed by atoms with Crippen molar-refractivity contribution in [1.82, 2.24) is 0 Å². The Bertz CT molecular complexity index is 245. The molecule has 4 bridgehead atoms. The zero-order valence-electron chi connectivity index (χ0n) is 5.79. The van der Waals surface area contributed by atoms with Crippen molar-refractivity contribution in [2.24, 2.45) is 35.5 Å². The molecule has 5 aliphatic rings. The summed E-state index contributed by atoms with van der Waals surface area (Å²) in [5.74, 6) is 5.52. The number of rotatable bonds is 0. The minimum absolute atomic E-state index is 0.560. The maximum absolute atomic E-state index is 11.4. The lowest BCUT2D eigenvalue weighted by Gasteiger charge is -2.18. The Morgan fingerprint density at radius 2 is 2.00 bits per heavy atom. The zero-order chi connectivity index (χ0) is 6.46. The molecule has 0 aromatic rings. The van der Waals surface area contributed by atoms with Crippen LogP contribution in [0.4, 0.5) is 0 Å². The van der Waals surface area contributed by atoms with Gasteiger partial charge >= 0.3 is 0 Å². The maximum atomic E-state index is 11.4. The van der Waals surface area contributed by atoms with Gasteiger partial charge in [-0.05, 0) is 36.5 Å². The summed E-state index contributed by atoms with van der Waals surface area (Å²) >= 11 is 0. The second-order valence-electron chi connectivity index (χ2n) is 4.57. The fraction of sp³-hybridized carbons (Fsp3) is 0.889. The van der Waals surface area contributed by atoms with E-state index < -0.39 is 0 Å². The Hall–Kier alpha value is -0.330. The van der Waals surface area contributed by atoms with E-state index in [2.05, 4.69) is 0 Å². The van der Waals surface area contributed by atoms with Gasteiger partial charge in [-0.15, -0.1) is 0 Å². The number of hydrogen-bond donors (Lipinski definition) is 0. The molecule has 6 unspecified atom stereocenters. The van der Waals surface area contributed by atoms with Gasteiger partial charge in [0, 0.05) is 11.8 Å². The van der Waals surface area contributed by atoms with Gasteiger partial charge < -0.3 is 0 Å². The summed E-state index contributed by atoms with van der Waals surface area (Å²) in [5.41, 5.74) is 0. The van der Waals surface area contributed by atoms with Crippen molar-refractivity contribution in [1.29, 1.82) is 0 Å². The lowest BCUT2D eigenvalue weighted by molar-refractivity contribution is -0.125. The van der Waals surface area contributed by atoms with Crippen molar-refractivity contribution >= 4 is 5.78 Å². The average Bonchev–Trinajstić information content (AvgIpc) is 2.77. The van der Waals surface area contributed by atoms with Gasteiger partial charge in [0.15, 0.2) is 0 Å². The molecule has 6 atom stereocenters. The minimum Gasteiger partial charge on any atom is -0.299 e. The van der Waals surface area contributed by atoms with Crippen molar-refractivity contribution in [3.05, 3.63) is 0 Å². The molecule has 0 aromatic carbocycles. The van der Waals surface area contributed by atoms with Crippen molar-refractivity contribution < 1.29 is 4.79 Å². The largest absolute Gasteiger partial charge is 0.299 e. The van der Waals surface area contributed by atoms with Crippen LogP contribution in [0.15, 0.2) is 0 Å². The highest BCUT2D eigenvalue weighted by molar-refractivity contribution is 5.91. The van der Waals surface area contributed by atoms with E-state index in [9.17, 15) is 4.79 Å². The van der Waals surface area contributed by atoms with Gasteiger partial charge in [0.2, 0.25) is 0 Å². The van der Waals surface area contributed by atoms with E-state index in [0.29, 0.717) is 17.6 Å². The summed E-state index contributed by atoms with van der Waals surface area (Å²) in [6.45, 7) is 0. The van der Waals surface area contributed by atoms with E-state index in [1.807, 2.05) is 0 Å². The molecule has 0 spiro atoms. The first-order valence-electron chi connectivity index (χ1n) is 4.41. The standard InChI is InChI=1S/C9H10O/c10-9-5-2-6-7(8(6)9)4-1-3(4)5/h3-8H,1-2H2. The summed E-state index contributed by atoms with van der Waals surface area (Å²) in [7, 11) is 0. The van der Waals surface area contributed by atoms with Crippen LogP contribution in [0.1, 0.15) is 12.8 Å². The van der Waals surface area contributed by atoms with Crippen LogP contribution in [0, 0.1) is 35.5 Å². The molecule has 0 heterocycles. The van der Waals surface area contributed by atoms with Gasteiger partial charge in [0.25, 0.3) is 0 Å². The summed E-state index contributed by atoms with van der Waals surface area (Å²) in [5, 5.41) is 0. The van der Waals surface area contributed by atoms with Crippen LogP contribution in [-0.4, -0.2) is 5.78 Å². The predicted octanol–water partition coefficient (Wildman–Crippen LogP) is 1.09. The van der Waals surface area contributed by atoms with Crippen molar-refractivity contribution in [2.75, 3.05) is 0 Å². The highest BCUT2D eigenvalue weighted by Crippen LogP contribution is 2.76. The van der Waals surface area contributed by atoms with E-state index >= 15 is 0 Å². The molecule has 5 rings (SSSR count). The Morgan fingerprint density at radius 1 is 1.10 bits per heavy atom. The van der Waals surface area contributed by atoms with Crippen LogP contribution in [0.5, 0.6) is 0 Å². The van der Waals surface area contributed by atoms with Crippen LogP contribution in [-0.2, 0) is 4.79 Å². The van der Waals surface area contributed by atoms with E-state index in [1.54, 1.807) is 0 Å². The number of Topliss-reactive ketones (excluding diaryl/α,β-unsaturated/α-hetero) is 1. The molecule has 0 N–H and O–H groups in total. The first-order valence-corrected chi connectivity index (χ1v) is 4.41. The van der Waals surface area contributed by atoms with Gasteiger partial charge in [-0.1, -0.05) is 0 Å². The van der Waals surface area contributed by atoms with Gasteiger partial charge in [-0.2, -0.15) is 0 Å². The monoisotopic (exact) mass is 134 g/mol. The Kier molecular flexibility index (Phi) is 0.449. The molecule has 1 heteroatoms. The zero-order valence-corrected chi connectivity index (χ0v) is 5.79. The lowest BCUT2D eigenvalue weighted by Crippen LogP contribution is -2.22. The van der Waals surface area contributed by atoms with Gasteiger partial charge in [0.1, 0.15) is 5.78 Å². The molecule has 52 valence electrons. The van der Waals surface area contributed by atoms with E-state index in [0.717, 1.165) is 23.7 Å². The average molecular weight is 134 g/mol. The summed E-state index contributed by atoms with van der Waals surface area (Å²) in [4.78, 5) is 11.4. The van der Waals surface area contributed by atoms with Crippen LogP contribution < -0.4 is 0 Å². The molecule has 1 nitrogen and oxygen atoms in total. The van der Waals surface area contributed by atoms with Crippen molar-refractivity contribution in [3.63, 3.8) is 0 Å². The van der Waals surface area contributed by atoms with Crippen molar-refractivity contribution in [2.45, 2.75) is 12.8 Å². The number of hydrogen-bond acceptors (Lipinski definition) is 1. The minimum atomic E-state index is 0.560. The fourth-order valence-electron chi connectivity index (χ4n) is 3.87. The van der Waals surface area contributed by atoms with Crippen LogP contribution in [0.2, 0.25) is 0 Å². The van der Waals surface area contributed by atoms with E-state index in [-0.39, 0.29) is 0 Å². The second-order valence-corrected chi connectivity index (χ2v) is 4.57. The predicted molar refractivity (Wildman–Crippen MR) is 35.2 cm³/mol. The van der Waals surface area contributed by atoms with Gasteiger partial charge in [-0.25, -0.2) is 0 Å². The smallest absolute Gasteiger partial charge is 0.139 e. The number of ketones is 1. The van der Waals surface area contributed by atoms with E-state index in [4.69, 9.17) is 0 Å². The number of carbonyl (C=O) groups is 1. The Balaban J connectivity index is 1.94. The van der Waals surface area contributed by atoms with Gasteiger partial charge in [0.05, 0.1) is 0 Å². The molecule has 0 aromatic heterocycles. The van der Waals surface area contributed by atoms with Crippen LogP contribution in [0.3, 0.4) is 0 Å². The molecular formula is C9H10O. The molecule has 5 aliphatic carbocycles. The SMILES string of the molecule is O=C1C2CC3C1C3C1CC21. The molecule has 0 radical (unpaired) electrons. The summed E-state index contributed by atoms with van der Waals surface area (Å²) in [6.07, 6.45) is 2.70. The second kappa shape index (κ2) is 0.992. The molecule has 0 amide bonds. The third-order valence-corrected chi connectivity index (χ3v) is 4.35. The topological polar surface area (TPSA) is 17.1 Å². The molecule has 5 fully saturated rings. The molecule has 0 saturated heterocycles. The van der Waals surface area contributed by atoms with Crippen LogP contribution >= 0.6 is 0 Å². The summed E-state index contributed by atoms with van der Waals surface area (Å²) in [6, 6.07) is 0.